The van der Waals surface area contributed by atoms with Crippen molar-refractivity contribution in [3.63, 3.8) is 0 Å². The maximum absolute atomic E-state index is 8.88. The highest BCUT2D eigenvalue weighted by Gasteiger charge is 2.17. The number of halogens is 1. The number of nitriles is 1. The van der Waals surface area contributed by atoms with Crippen molar-refractivity contribution in [3.8, 4) is 17.3 Å². The van der Waals surface area contributed by atoms with Crippen LogP contribution in [-0.4, -0.2) is 16.4 Å². The number of nitrogens with zero attached hydrogens (tertiary/aromatic N) is 3. The van der Waals surface area contributed by atoms with Crippen molar-refractivity contribution in [2.75, 3.05) is 6.61 Å². The zero-order valence-corrected chi connectivity index (χ0v) is 11.7. The minimum atomic E-state index is 0.0337. The van der Waals surface area contributed by atoms with Crippen LogP contribution in [0.15, 0.2) is 30.5 Å². The van der Waals surface area contributed by atoms with Gasteiger partial charge in [-0.1, -0.05) is 17.7 Å². The topological polar surface area (TPSA) is 50.8 Å². The second-order valence-electron chi connectivity index (χ2n) is 4.81. The summed E-state index contributed by atoms with van der Waals surface area (Å²) in [6, 6.07) is 9.34. The van der Waals surface area contributed by atoms with Crippen LogP contribution in [0.4, 0.5) is 0 Å². The Hall–Kier alpha value is -1.83. The van der Waals surface area contributed by atoms with E-state index in [-0.39, 0.29) is 6.23 Å². The minimum absolute atomic E-state index is 0.0337. The molecular formula is C15H14ClN3O. The molecule has 1 fully saturated rings. The third-order valence-electron chi connectivity index (χ3n) is 3.44. The van der Waals surface area contributed by atoms with Gasteiger partial charge in [0.15, 0.2) is 0 Å². The highest BCUT2D eigenvalue weighted by molar-refractivity contribution is 6.32. The first-order valence-electron chi connectivity index (χ1n) is 6.65. The Balaban J connectivity index is 1.86. The molecule has 0 bridgehead atoms. The molecule has 1 aliphatic rings. The van der Waals surface area contributed by atoms with Gasteiger partial charge in [0.2, 0.25) is 0 Å². The minimum Gasteiger partial charge on any atom is -0.357 e. The van der Waals surface area contributed by atoms with Gasteiger partial charge in [0.25, 0.3) is 0 Å². The lowest BCUT2D eigenvalue weighted by Crippen LogP contribution is -2.18. The molecule has 0 radical (unpaired) electrons. The van der Waals surface area contributed by atoms with Gasteiger partial charge in [-0.15, -0.1) is 0 Å². The largest absolute Gasteiger partial charge is 0.357 e. The molecule has 1 saturated heterocycles. The Morgan fingerprint density at radius 3 is 2.95 bits per heavy atom. The Morgan fingerprint density at radius 2 is 2.25 bits per heavy atom. The lowest BCUT2D eigenvalue weighted by atomic mass is 10.1. The molecule has 0 saturated carbocycles. The summed E-state index contributed by atoms with van der Waals surface area (Å²) in [6.07, 6.45) is 5.25. The zero-order valence-electron chi connectivity index (χ0n) is 10.9. The van der Waals surface area contributed by atoms with Gasteiger partial charge in [-0.25, -0.2) is 4.68 Å². The summed E-state index contributed by atoms with van der Waals surface area (Å²) in [6.45, 7) is 0.794. The molecule has 5 heteroatoms. The molecule has 1 unspecified atom stereocenters. The third-order valence-corrected chi connectivity index (χ3v) is 3.76. The SMILES string of the molecule is N#Cc1ccc(-c2ccn(C3CCCCO3)n2)cc1Cl. The summed E-state index contributed by atoms with van der Waals surface area (Å²) < 4.78 is 7.57. The van der Waals surface area contributed by atoms with Crippen LogP contribution in [0.3, 0.4) is 0 Å². The first kappa shape index (κ1) is 13.2. The van der Waals surface area contributed by atoms with Gasteiger partial charge in [0, 0.05) is 18.4 Å². The van der Waals surface area contributed by atoms with E-state index < -0.39 is 0 Å². The van der Waals surface area contributed by atoms with Gasteiger partial charge < -0.3 is 4.74 Å². The fourth-order valence-corrected chi connectivity index (χ4v) is 2.57. The van der Waals surface area contributed by atoms with Gasteiger partial charge in [-0.3, -0.25) is 0 Å². The summed E-state index contributed by atoms with van der Waals surface area (Å²) in [5, 5.41) is 13.9. The molecule has 0 aliphatic carbocycles. The van der Waals surface area contributed by atoms with Crippen molar-refractivity contribution in [1.29, 1.82) is 5.26 Å². The first-order chi connectivity index (χ1) is 9.78. The number of aromatic nitrogens is 2. The fraction of sp³-hybridized carbons (Fsp3) is 0.333. The van der Waals surface area contributed by atoms with E-state index in [0.29, 0.717) is 10.6 Å². The van der Waals surface area contributed by atoms with Crippen LogP contribution in [-0.2, 0) is 4.74 Å². The van der Waals surface area contributed by atoms with Crippen LogP contribution in [0, 0.1) is 11.3 Å². The standard InChI is InChI=1S/C15H14ClN3O/c16-13-9-11(4-5-12(13)10-17)14-6-7-19(18-14)15-3-1-2-8-20-15/h4-7,9,15H,1-3,8H2. The van der Waals surface area contributed by atoms with Gasteiger partial charge in [-0.2, -0.15) is 10.4 Å². The highest BCUT2D eigenvalue weighted by atomic mass is 35.5. The van der Waals surface area contributed by atoms with Crippen LogP contribution in [0.5, 0.6) is 0 Å². The summed E-state index contributed by atoms with van der Waals surface area (Å²) >= 11 is 6.05. The summed E-state index contributed by atoms with van der Waals surface area (Å²) in [7, 11) is 0. The van der Waals surface area contributed by atoms with E-state index in [0.717, 1.165) is 30.7 Å². The number of benzene rings is 1. The number of ether oxygens (including phenoxy) is 1. The lowest BCUT2D eigenvalue weighted by molar-refractivity contribution is -0.0393. The van der Waals surface area contributed by atoms with Crippen molar-refractivity contribution in [2.45, 2.75) is 25.5 Å². The quantitative estimate of drug-likeness (QED) is 0.845. The Labute approximate surface area is 122 Å². The molecule has 1 aromatic carbocycles. The maximum atomic E-state index is 8.88. The van der Waals surface area contributed by atoms with Crippen molar-refractivity contribution >= 4 is 11.6 Å². The van der Waals surface area contributed by atoms with Crippen molar-refractivity contribution in [3.05, 3.63) is 41.0 Å². The van der Waals surface area contributed by atoms with E-state index in [9.17, 15) is 0 Å². The van der Waals surface area contributed by atoms with E-state index in [4.69, 9.17) is 21.6 Å². The van der Waals surface area contributed by atoms with Crippen LogP contribution in [0.2, 0.25) is 5.02 Å². The van der Waals surface area contributed by atoms with Gasteiger partial charge in [0.05, 0.1) is 16.3 Å². The van der Waals surface area contributed by atoms with Crippen LogP contribution in [0.1, 0.15) is 31.1 Å². The van der Waals surface area contributed by atoms with Gasteiger partial charge >= 0.3 is 0 Å². The molecule has 0 spiro atoms. The third kappa shape index (κ3) is 2.55. The highest BCUT2D eigenvalue weighted by Crippen LogP contribution is 2.26. The second-order valence-corrected chi connectivity index (χ2v) is 5.22. The second kappa shape index (κ2) is 5.66. The predicted molar refractivity (Wildman–Crippen MR) is 76.2 cm³/mol. The Kier molecular flexibility index (Phi) is 3.72. The van der Waals surface area contributed by atoms with E-state index in [1.165, 1.54) is 6.42 Å². The summed E-state index contributed by atoms with van der Waals surface area (Å²) in [5.74, 6) is 0. The zero-order chi connectivity index (χ0) is 13.9. The normalized spacial score (nSPS) is 18.7. The van der Waals surface area contributed by atoms with Crippen molar-refractivity contribution < 1.29 is 4.74 Å². The number of hydrogen-bond donors (Lipinski definition) is 0. The molecule has 102 valence electrons. The molecule has 0 amide bonds. The maximum Gasteiger partial charge on any atom is 0.150 e. The van der Waals surface area contributed by atoms with E-state index in [2.05, 4.69) is 11.2 Å². The van der Waals surface area contributed by atoms with Crippen LogP contribution in [0.25, 0.3) is 11.3 Å². The number of hydrogen-bond acceptors (Lipinski definition) is 3. The molecule has 3 rings (SSSR count). The molecule has 1 atom stereocenters. The lowest BCUT2D eigenvalue weighted by Gasteiger charge is -2.22. The molecule has 0 N–H and O–H groups in total. The molecule has 2 heterocycles. The first-order valence-corrected chi connectivity index (χ1v) is 7.02. The molecule has 1 aliphatic heterocycles. The van der Waals surface area contributed by atoms with Crippen molar-refractivity contribution in [2.24, 2.45) is 0 Å². The number of rotatable bonds is 2. The molecule has 20 heavy (non-hydrogen) atoms. The van der Waals surface area contributed by atoms with Crippen LogP contribution >= 0.6 is 11.6 Å². The average molecular weight is 288 g/mol. The summed E-state index contributed by atoms with van der Waals surface area (Å²) in [5.41, 5.74) is 2.22. The van der Waals surface area contributed by atoms with Crippen molar-refractivity contribution in [1.82, 2.24) is 9.78 Å². The van der Waals surface area contributed by atoms with Crippen LogP contribution < -0.4 is 0 Å². The van der Waals surface area contributed by atoms with E-state index in [1.54, 1.807) is 12.1 Å². The molecule has 4 nitrogen and oxygen atoms in total. The van der Waals surface area contributed by atoms with E-state index >= 15 is 0 Å². The van der Waals surface area contributed by atoms with Gasteiger partial charge in [0.1, 0.15) is 12.3 Å². The fourth-order valence-electron chi connectivity index (χ4n) is 2.35. The smallest absolute Gasteiger partial charge is 0.150 e. The molecule has 2 aromatic rings. The average Bonchev–Trinajstić information content (AvgIpc) is 2.98. The Bertz CT molecular complexity index is 653. The predicted octanol–water partition coefficient (Wildman–Crippen LogP) is 3.77. The molecule has 1 aromatic heterocycles. The van der Waals surface area contributed by atoms with E-state index in [1.807, 2.05) is 23.0 Å². The van der Waals surface area contributed by atoms with Gasteiger partial charge in [-0.05, 0) is 37.5 Å². The Morgan fingerprint density at radius 1 is 1.35 bits per heavy atom. The molecular weight excluding hydrogens is 274 g/mol. The monoisotopic (exact) mass is 287 g/mol. The summed E-state index contributed by atoms with van der Waals surface area (Å²) in [4.78, 5) is 0.